The van der Waals surface area contributed by atoms with Gasteiger partial charge in [-0.1, -0.05) is 12.1 Å². The van der Waals surface area contributed by atoms with E-state index in [0.717, 1.165) is 37.8 Å². The van der Waals surface area contributed by atoms with Crippen molar-refractivity contribution in [2.75, 3.05) is 32.8 Å². The minimum atomic E-state index is 0.808. The van der Waals surface area contributed by atoms with Crippen LogP contribution < -0.4 is 10.5 Å². The maximum atomic E-state index is 5.94. The molecule has 3 heteroatoms. The van der Waals surface area contributed by atoms with Crippen LogP contribution in [0.4, 0.5) is 0 Å². The fourth-order valence-corrected chi connectivity index (χ4v) is 3.16. The predicted molar refractivity (Wildman–Crippen MR) is 88.9 cm³/mol. The molecule has 21 heavy (non-hydrogen) atoms. The van der Waals surface area contributed by atoms with Crippen LogP contribution in [0.5, 0.6) is 5.75 Å². The minimum absolute atomic E-state index is 0.808. The zero-order valence-corrected chi connectivity index (χ0v) is 13.6. The van der Waals surface area contributed by atoms with Crippen LogP contribution in [0.2, 0.25) is 0 Å². The van der Waals surface area contributed by atoms with E-state index in [9.17, 15) is 0 Å². The highest BCUT2D eigenvalue weighted by Gasteiger charge is 2.18. The van der Waals surface area contributed by atoms with Gasteiger partial charge in [0.25, 0.3) is 0 Å². The molecule has 0 spiro atoms. The highest BCUT2D eigenvalue weighted by atomic mass is 16.5. The van der Waals surface area contributed by atoms with Gasteiger partial charge in [0.05, 0.1) is 6.61 Å². The number of hydrogen-bond donors (Lipinski definition) is 1. The summed E-state index contributed by atoms with van der Waals surface area (Å²) in [6.07, 6.45) is 4.95. The molecule has 1 aliphatic rings. The summed E-state index contributed by atoms with van der Waals surface area (Å²) in [5, 5.41) is 0. The Morgan fingerprint density at radius 3 is 3.00 bits per heavy atom. The van der Waals surface area contributed by atoms with Crippen LogP contribution in [0.3, 0.4) is 0 Å². The van der Waals surface area contributed by atoms with E-state index in [1.165, 1.54) is 43.5 Å². The molecule has 1 heterocycles. The Morgan fingerprint density at radius 2 is 2.19 bits per heavy atom. The first-order chi connectivity index (χ1) is 10.2. The van der Waals surface area contributed by atoms with Gasteiger partial charge in [-0.2, -0.15) is 0 Å². The SMILES string of the molecule is Cc1ccc(C)c(OCCCN2CCCC(CCN)C2)c1. The molecule has 1 aromatic rings. The Morgan fingerprint density at radius 1 is 1.33 bits per heavy atom. The first kappa shape index (κ1) is 16.3. The van der Waals surface area contributed by atoms with Gasteiger partial charge in [0.1, 0.15) is 5.75 Å². The summed E-state index contributed by atoms with van der Waals surface area (Å²) in [6.45, 7) is 9.46. The molecule has 0 radical (unpaired) electrons. The van der Waals surface area contributed by atoms with E-state index in [-0.39, 0.29) is 0 Å². The lowest BCUT2D eigenvalue weighted by Crippen LogP contribution is -2.37. The van der Waals surface area contributed by atoms with Crippen LogP contribution in [0.25, 0.3) is 0 Å². The average Bonchev–Trinajstić information content (AvgIpc) is 2.48. The Bertz CT molecular complexity index is 431. The second kappa shape index (κ2) is 8.40. The topological polar surface area (TPSA) is 38.5 Å². The van der Waals surface area contributed by atoms with Crippen LogP contribution in [0.1, 0.15) is 36.8 Å². The van der Waals surface area contributed by atoms with Crippen LogP contribution in [-0.4, -0.2) is 37.7 Å². The van der Waals surface area contributed by atoms with Gasteiger partial charge >= 0.3 is 0 Å². The molecule has 118 valence electrons. The van der Waals surface area contributed by atoms with E-state index < -0.39 is 0 Å². The van der Waals surface area contributed by atoms with E-state index in [1.807, 2.05) is 0 Å². The molecule has 0 amide bonds. The highest BCUT2D eigenvalue weighted by molar-refractivity contribution is 5.35. The van der Waals surface area contributed by atoms with E-state index in [4.69, 9.17) is 10.5 Å². The molecule has 1 unspecified atom stereocenters. The summed E-state index contributed by atoms with van der Waals surface area (Å²) in [4.78, 5) is 2.58. The van der Waals surface area contributed by atoms with Crippen molar-refractivity contribution in [1.82, 2.24) is 4.90 Å². The molecule has 0 aromatic heterocycles. The molecular weight excluding hydrogens is 260 g/mol. The van der Waals surface area contributed by atoms with Crippen LogP contribution in [-0.2, 0) is 0 Å². The Hall–Kier alpha value is -1.06. The summed E-state index contributed by atoms with van der Waals surface area (Å²) in [5.41, 5.74) is 8.16. The summed E-state index contributed by atoms with van der Waals surface area (Å²) in [6, 6.07) is 6.40. The normalized spacial score (nSPS) is 19.7. The number of ether oxygens (including phenoxy) is 1. The molecule has 1 aliphatic heterocycles. The molecule has 1 fully saturated rings. The van der Waals surface area contributed by atoms with E-state index >= 15 is 0 Å². The number of hydrogen-bond acceptors (Lipinski definition) is 3. The summed E-state index contributed by atoms with van der Waals surface area (Å²) < 4.78 is 5.94. The predicted octanol–water partition coefficient (Wildman–Crippen LogP) is 3.13. The van der Waals surface area contributed by atoms with Crippen molar-refractivity contribution in [2.45, 2.75) is 39.5 Å². The van der Waals surface area contributed by atoms with Gasteiger partial charge in [0.2, 0.25) is 0 Å². The van der Waals surface area contributed by atoms with Crippen LogP contribution >= 0.6 is 0 Å². The number of likely N-dealkylation sites (tertiary alicyclic amines) is 1. The largest absolute Gasteiger partial charge is 0.493 e. The maximum absolute atomic E-state index is 5.94. The monoisotopic (exact) mass is 290 g/mol. The van der Waals surface area contributed by atoms with Crippen molar-refractivity contribution in [1.29, 1.82) is 0 Å². The summed E-state index contributed by atoms with van der Waals surface area (Å²) >= 11 is 0. The van der Waals surface area contributed by atoms with Gasteiger partial charge in [-0.15, -0.1) is 0 Å². The number of benzene rings is 1. The molecular formula is C18H30N2O. The molecule has 0 aliphatic carbocycles. The number of rotatable bonds is 7. The van der Waals surface area contributed by atoms with Gasteiger partial charge in [0.15, 0.2) is 0 Å². The van der Waals surface area contributed by atoms with E-state index in [0.29, 0.717) is 0 Å². The third kappa shape index (κ3) is 5.33. The van der Waals surface area contributed by atoms with Gasteiger partial charge in [0, 0.05) is 13.1 Å². The van der Waals surface area contributed by atoms with Gasteiger partial charge < -0.3 is 15.4 Å². The third-order valence-corrected chi connectivity index (χ3v) is 4.40. The van der Waals surface area contributed by atoms with Crippen molar-refractivity contribution in [2.24, 2.45) is 11.7 Å². The standard InChI is InChI=1S/C18H30N2O/c1-15-6-7-16(2)18(13-15)21-12-4-11-20-10-3-5-17(14-20)8-9-19/h6-7,13,17H,3-5,8-12,14,19H2,1-2H3. The average molecular weight is 290 g/mol. The lowest BCUT2D eigenvalue weighted by molar-refractivity contribution is 0.158. The molecule has 0 bridgehead atoms. The van der Waals surface area contributed by atoms with Crippen LogP contribution in [0.15, 0.2) is 18.2 Å². The summed E-state index contributed by atoms with van der Waals surface area (Å²) in [5.74, 6) is 1.85. The second-order valence-corrected chi connectivity index (χ2v) is 6.36. The first-order valence-corrected chi connectivity index (χ1v) is 8.31. The number of nitrogens with zero attached hydrogens (tertiary/aromatic N) is 1. The lowest BCUT2D eigenvalue weighted by atomic mass is 9.95. The molecule has 1 atom stereocenters. The maximum Gasteiger partial charge on any atom is 0.122 e. The Labute approximate surface area is 129 Å². The van der Waals surface area contributed by atoms with Gasteiger partial charge in [-0.25, -0.2) is 0 Å². The van der Waals surface area contributed by atoms with Gasteiger partial charge in [-0.3, -0.25) is 0 Å². The summed E-state index contributed by atoms with van der Waals surface area (Å²) in [7, 11) is 0. The Kier molecular flexibility index (Phi) is 6.52. The molecule has 2 rings (SSSR count). The number of nitrogens with two attached hydrogens (primary N) is 1. The quantitative estimate of drug-likeness (QED) is 0.784. The molecule has 0 saturated carbocycles. The smallest absolute Gasteiger partial charge is 0.122 e. The van der Waals surface area contributed by atoms with Gasteiger partial charge in [-0.05, 0) is 75.7 Å². The first-order valence-electron chi connectivity index (χ1n) is 8.31. The zero-order valence-electron chi connectivity index (χ0n) is 13.6. The van der Waals surface area contributed by atoms with E-state index in [2.05, 4.69) is 36.9 Å². The fraction of sp³-hybridized carbons (Fsp3) is 0.667. The minimum Gasteiger partial charge on any atom is -0.493 e. The fourth-order valence-electron chi connectivity index (χ4n) is 3.16. The number of piperidine rings is 1. The van der Waals surface area contributed by atoms with Crippen molar-refractivity contribution < 1.29 is 4.74 Å². The Balaban J connectivity index is 1.68. The highest BCUT2D eigenvalue weighted by Crippen LogP contribution is 2.20. The molecule has 1 aromatic carbocycles. The molecule has 1 saturated heterocycles. The zero-order chi connectivity index (χ0) is 15.1. The molecule has 3 nitrogen and oxygen atoms in total. The number of aryl methyl sites for hydroxylation is 2. The van der Waals surface area contributed by atoms with E-state index in [1.54, 1.807) is 0 Å². The van der Waals surface area contributed by atoms with Crippen LogP contribution in [0, 0.1) is 19.8 Å². The van der Waals surface area contributed by atoms with Crippen molar-refractivity contribution >= 4 is 0 Å². The van der Waals surface area contributed by atoms with Crippen molar-refractivity contribution in [3.05, 3.63) is 29.3 Å². The third-order valence-electron chi connectivity index (χ3n) is 4.40. The van der Waals surface area contributed by atoms with Crippen molar-refractivity contribution in [3.8, 4) is 5.75 Å². The molecule has 2 N–H and O–H groups in total. The van der Waals surface area contributed by atoms with Crippen molar-refractivity contribution in [3.63, 3.8) is 0 Å². The lowest BCUT2D eigenvalue weighted by Gasteiger charge is -2.32. The second-order valence-electron chi connectivity index (χ2n) is 6.36.